The number of hydrogen-bond acceptors (Lipinski definition) is 5. The third kappa shape index (κ3) is 4.15. The molecule has 0 bridgehead atoms. The maximum atomic E-state index is 12.6. The summed E-state index contributed by atoms with van der Waals surface area (Å²) >= 11 is 7.29. The average Bonchev–Trinajstić information content (AvgIpc) is 3.15. The van der Waals surface area contributed by atoms with Crippen molar-refractivity contribution in [2.75, 3.05) is 25.1 Å². The van der Waals surface area contributed by atoms with Crippen molar-refractivity contribution in [2.45, 2.75) is 6.42 Å². The fourth-order valence-corrected chi connectivity index (χ4v) is 4.89. The van der Waals surface area contributed by atoms with Gasteiger partial charge in [-0.2, -0.15) is 0 Å². The summed E-state index contributed by atoms with van der Waals surface area (Å²) in [5.41, 5.74) is 1.32. The third-order valence-corrected chi connectivity index (χ3v) is 6.15. The molecule has 1 saturated heterocycles. The quantitative estimate of drug-likeness (QED) is 0.812. The molecule has 8 heteroatoms. The van der Waals surface area contributed by atoms with Gasteiger partial charge in [-0.05, 0) is 24.5 Å². The lowest BCUT2D eigenvalue weighted by molar-refractivity contribution is 0.0783. The van der Waals surface area contributed by atoms with Crippen LogP contribution in [0.1, 0.15) is 16.9 Å². The molecular formula is C16H17ClN2O3S2. The van der Waals surface area contributed by atoms with Gasteiger partial charge >= 0.3 is 0 Å². The minimum atomic E-state index is -3.02. The molecule has 1 aromatic carbocycles. The van der Waals surface area contributed by atoms with Crippen molar-refractivity contribution in [1.29, 1.82) is 0 Å². The number of nitrogens with zero attached hydrogens (tertiary/aromatic N) is 2. The van der Waals surface area contributed by atoms with Gasteiger partial charge in [0.2, 0.25) is 0 Å². The van der Waals surface area contributed by atoms with E-state index in [9.17, 15) is 13.2 Å². The highest BCUT2D eigenvalue weighted by molar-refractivity contribution is 7.90. The first-order valence-corrected chi connectivity index (χ1v) is 10.8. The Labute approximate surface area is 150 Å². The van der Waals surface area contributed by atoms with Gasteiger partial charge in [0.15, 0.2) is 0 Å². The third-order valence-electron chi connectivity index (χ3n) is 3.93. The number of carbonyl (C=O) groups excluding carboxylic acids is 1. The number of halogens is 1. The van der Waals surface area contributed by atoms with Gasteiger partial charge in [0, 0.05) is 35.3 Å². The molecule has 1 atom stereocenters. The summed E-state index contributed by atoms with van der Waals surface area (Å²) in [5, 5.41) is 3.17. The number of hydrogen-bond donors (Lipinski definition) is 0. The van der Waals surface area contributed by atoms with Crippen molar-refractivity contribution < 1.29 is 13.2 Å². The lowest BCUT2D eigenvalue weighted by Crippen LogP contribution is -2.30. The van der Waals surface area contributed by atoms with Crippen LogP contribution in [0.15, 0.2) is 29.6 Å². The van der Waals surface area contributed by atoms with E-state index in [4.69, 9.17) is 11.6 Å². The minimum Gasteiger partial charge on any atom is -0.337 e. The first-order valence-electron chi connectivity index (χ1n) is 7.50. The van der Waals surface area contributed by atoms with Crippen LogP contribution < -0.4 is 0 Å². The second-order valence-corrected chi connectivity index (χ2v) is 9.52. The lowest BCUT2D eigenvalue weighted by atomic mass is 10.2. The predicted octanol–water partition coefficient (Wildman–Crippen LogP) is 2.97. The van der Waals surface area contributed by atoms with E-state index in [0.29, 0.717) is 30.2 Å². The van der Waals surface area contributed by atoms with Gasteiger partial charge in [0.05, 0.1) is 5.75 Å². The molecule has 1 unspecified atom stereocenters. The van der Waals surface area contributed by atoms with Crippen molar-refractivity contribution in [3.05, 3.63) is 40.4 Å². The van der Waals surface area contributed by atoms with Crippen LogP contribution in [0.2, 0.25) is 5.02 Å². The number of likely N-dealkylation sites (tertiary alicyclic amines) is 1. The molecule has 0 N–H and O–H groups in total. The molecule has 2 heterocycles. The summed E-state index contributed by atoms with van der Waals surface area (Å²) < 4.78 is 22.8. The molecule has 0 radical (unpaired) electrons. The van der Waals surface area contributed by atoms with E-state index in [1.54, 1.807) is 22.4 Å². The summed E-state index contributed by atoms with van der Waals surface area (Å²) in [6, 6.07) is 7.31. The Kier molecular flexibility index (Phi) is 4.94. The SMILES string of the molecule is CS(=O)(=O)CC1CCN(C(=O)c2csc(-c3ccc(Cl)cc3)n2)C1. The second kappa shape index (κ2) is 6.82. The molecule has 0 spiro atoms. The highest BCUT2D eigenvalue weighted by Gasteiger charge is 2.30. The number of amides is 1. The van der Waals surface area contributed by atoms with Gasteiger partial charge in [-0.1, -0.05) is 23.7 Å². The number of benzene rings is 1. The van der Waals surface area contributed by atoms with Crippen molar-refractivity contribution in [2.24, 2.45) is 5.92 Å². The van der Waals surface area contributed by atoms with Crippen molar-refractivity contribution >= 4 is 38.7 Å². The Morgan fingerprint density at radius 3 is 2.75 bits per heavy atom. The molecule has 0 saturated carbocycles. The van der Waals surface area contributed by atoms with Crippen molar-refractivity contribution in [3.8, 4) is 10.6 Å². The van der Waals surface area contributed by atoms with E-state index in [2.05, 4.69) is 4.98 Å². The minimum absolute atomic E-state index is 0.0123. The summed E-state index contributed by atoms with van der Waals surface area (Å²) in [7, 11) is -3.02. The van der Waals surface area contributed by atoms with Crippen LogP contribution in [0, 0.1) is 5.92 Å². The van der Waals surface area contributed by atoms with Gasteiger partial charge in [0.1, 0.15) is 20.5 Å². The summed E-state index contributed by atoms with van der Waals surface area (Å²) in [5.74, 6) is 0.00457. The first-order chi connectivity index (χ1) is 11.3. The van der Waals surface area contributed by atoms with E-state index in [1.807, 2.05) is 12.1 Å². The zero-order valence-electron chi connectivity index (χ0n) is 13.1. The highest BCUT2D eigenvalue weighted by atomic mass is 35.5. The van der Waals surface area contributed by atoms with E-state index in [-0.39, 0.29) is 17.6 Å². The van der Waals surface area contributed by atoms with Gasteiger partial charge in [-0.3, -0.25) is 4.79 Å². The van der Waals surface area contributed by atoms with Crippen LogP contribution in [-0.2, 0) is 9.84 Å². The average molecular weight is 385 g/mol. The molecule has 3 rings (SSSR count). The molecule has 1 aliphatic rings. The Bertz CT molecular complexity index is 846. The second-order valence-electron chi connectivity index (χ2n) is 6.04. The molecule has 1 aliphatic heterocycles. The van der Waals surface area contributed by atoms with E-state index < -0.39 is 9.84 Å². The normalized spacial score (nSPS) is 18.1. The topological polar surface area (TPSA) is 67.3 Å². The van der Waals surface area contributed by atoms with Crippen LogP contribution in [0.25, 0.3) is 10.6 Å². The van der Waals surface area contributed by atoms with E-state index in [0.717, 1.165) is 10.6 Å². The maximum Gasteiger partial charge on any atom is 0.273 e. The van der Waals surface area contributed by atoms with Gasteiger partial charge < -0.3 is 4.90 Å². The van der Waals surface area contributed by atoms with E-state index in [1.165, 1.54) is 17.6 Å². The maximum absolute atomic E-state index is 12.6. The molecule has 0 aliphatic carbocycles. The number of carbonyl (C=O) groups is 1. The number of thiazole rings is 1. The molecule has 2 aromatic rings. The smallest absolute Gasteiger partial charge is 0.273 e. The fourth-order valence-electron chi connectivity index (χ4n) is 2.84. The molecular weight excluding hydrogens is 368 g/mol. The Hall–Kier alpha value is -1.44. The molecule has 1 aromatic heterocycles. The van der Waals surface area contributed by atoms with Gasteiger partial charge in [-0.25, -0.2) is 13.4 Å². The predicted molar refractivity (Wildman–Crippen MR) is 96.3 cm³/mol. The Balaban J connectivity index is 1.69. The van der Waals surface area contributed by atoms with Crippen LogP contribution in [0.3, 0.4) is 0 Å². The van der Waals surface area contributed by atoms with Crippen LogP contribution in [0.5, 0.6) is 0 Å². The molecule has 24 heavy (non-hydrogen) atoms. The summed E-state index contributed by atoms with van der Waals surface area (Å²) in [4.78, 5) is 18.7. The molecule has 1 amide bonds. The van der Waals surface area contributed by atoms with Crippen LogP contribution in [0.4, 0.5) is 0 Å². The highest BCUT2D eigenvalue weighted by Crippen LogP contribution is 2.27. The Morgan fingerprint density at radius 1 is 1.38 bits per heavy atom. The van der Waals surface area contributed by atoms with Crippen molar-refractivity contribution in [3.63, 3.8) is 0 Å². The molecule has 5 nitrogen and oxygen atoms in total. The lowest BCUT2D eigenvalue weighted by Gasteiger charge is -2.14. The Morgan fingerprint density at radius 2 is 2.08 bits per heavy atom. The first kappa shape index (κ1) is 17.4. The molecule has 1 fully saturated rings. The van der Waals surface area contributed by atoms with Crippen LogP contribution in [-0.4, -0.2) is 49.3 Å². The largest absolute Gasteiger partial charge is 0.337 e. The van der Waals surface area contributed by atoms with Crippen molar-refractivity contribution in [1.82, 2.24) is 9.88 Å². The van der Waals surface area contributed by atoms with E-state index >= 15 is 0 Å². The number of sulfone groups is 1. The number of aromatic nitrogens is 1. The van der Waals surface area contributed by atoms with Gasteiger partial charge in [0.25, 0.3) is 5.91 Å². The van der Waals surface area contributed by atoms with Gasteiger partial charge in [-0.15, -0.1) is 11.3 Å². The fraction of sp³-hybridized carbons (Fsp3) is 0.375. The standard InChI is InChI=1S/C16H17ClN2O3S2/c1-24(21,22)10-11-6-7-19(8-11)16(20)14-9-23-15(18-14)12-2-4-13(17)5-3-12/h2-5,9,11H,6-8,10H2,1H3. The zero-order chi connectivity index (χ0) is 17.3. The summed E-state index contributed by atoms with van der Waals surface area (Å²) in [6.07, 6.45) is 1.95. The molecule has 128 valence electrons. The monoisotopic (exact) mass is 384 g/mol. The number of rotatable bonds is 4. The summed E-state index contributed by atoms with van der Waals surface area (Å²) in [6.45, 7) is 1.05. The van der Waals surface area contributed by atoms with Crippen LogP contribution >= 0.6 is 22.9 Å². The zero-order valence-corrected chi connectivity index (χ0v) is 15.5.